The summed E-state index contributed by atoms with van der Waals surface area (Å²) in [6.45, 7) is 4.20. The fourth-order valence-corrected chi connectivity index (χ4v) is 1.34. The zero-order valence-electron chi connectivity index (χ0n) is 8.75. The van der Waals surface area contributed by atoms with Gasteiger partial charge in [0.15, 0.2) is 0 Å². The van der Waals surface area contributed by atoms with Crippen LogP contribution < -0.4 is 11.1 Å². The van der Waals surface area contributed by atoms with E-state index in [-0.39, 0.29) is 12.6 Å². The molecule has 0 aliphatic carbocycles. The maximum atomic E-state index is 8.77. The predicted octanol–water partition coefficient (Wildman–Crippen LogP) is 1.76. The molecule has 0 aromatic heterocycles. The molecule has 1 rings (SSSR count). The van der Waals surface area contributed by atoms with Gasteiger partial charge in [-0.3, -0.25) is 0 Å². The van der Waals surface area contributed by atoms with Crippen molar-refractivity contribution in [1.82, 2.24) is 0 Å². The van der Waals surface area contributed by atoms with Gasteiger partial charge in [0.1, 0.15) is 0 Å². The highest BCUT2D eigenvalue weighted by molar-refractivity contribution is 5.69. The van der Waals surface area contributed by atoms with E-state index >= 15 is 0 Å². The van der Waals surface area contributed by atoms with Crippen LogP contribution in [0.5, 0.6) is 0 Å². The summed E-state index contributed by atoms with van der Waals surface area (Å²) in [6.07, 6.45) is 0.730. The van der Waals surface area contributed by atoms with Crippen LogP contribution >= 0.6 is 0 Å². The maximum absolute atomic E-state index is 8.77. The molecule has 3 heteroatoms. The summed E-state index contributed by atoms with van der Waals surface area (Å²) in [6, 6.07) is 6.15. The van der Waals surface area contributed by atoms with Crippen LogP contribution in [0.3, 0.4) is 0 Å². The number of hydrogen-bond donors (Lipinski definition) is 3. The van der Waals surface area contributed by atoms with E-state index in [2.05, 4.69) is 5.32 Å². The maximum Gasteiger partial charge on any atom is 0.0579 e. The second-order valence-electron chi connectivity index (χ2n) is 3.59. The number of benzene rings is 1. The van der Waals surface area contributed by atoms with Gasteiger partial charge in [-0.1, -0.05) is 12.1 Å². The largest absolute Gasteiger partial charge is 0.397 e. The Morgan fingerprint density at radius 1 is 1.50 bits per heavy atom. The monoisotopic (exact) mass is 194 g/mol. The van der Waals surface area contributed by atoms with Crippen LogP contribution in [0.15, 0.2) is 18.2 Å². The fraction of sp³-hybridized carbons (Fsp3) is 0.455. The van der Waals surface area contributed by atoms with Crippen molar-refractivity contribution in [3.05, 3.63) is 23.8 Å². The van der Waals surface area contributed by atoms with Crippen LogP contribution in [0.1, 0.15) is 18.9 Å². The van der Waals surface area contributed by atoms with Crippen molar-refractivity contribution in [1.29, 1.82) is 0 Å². The van der Waals surface area contributed by atoms with E-state index in [1.807, 2.05) is 32.0 Å². The van der Waals surface area contributed by atoms with Gasteiger partial charge in [-0.25, -0.2) is 0 Å². The van der Waals surface area contributed by atoms with E-state index in [1.54, 1.807) is 0 Å². The summed E-state index contributed by atoms with van der Waals surface area (Å²) in [4.78, 5) is 0. The Hall–Kier alpha value is -1.22. The average molecular weight is 194 g/mol. The average Bonchev–Trinajstić information content (AvgIpc) is 2.13. The third-order valence-corrected chi connectivity index (χ3v) is 2.29. The molecule has 1 aromatic rings. The van der Waals surface area contributed by atoms with Gasteiger partial charge in [0, 0.05) is 12.6 Å². The van der Waals surface area contributed by atoms with Crippen LogP contribution in [0.25, 0.3) is 0 Å². The minimum Gasteiger partial charge on any atom is -0.397 e. The summed E-state index contributed by atoms with van der Waals surface area (Å²) >= 11 is 0. The first-order valence-corrected chi connectivity index (χ1v) is 4.87. The Morgan fingerprint density at radius 3 is 2.86 bits per heavy atom. The third-order valence-electron chi connectivity index (χ3n) is 2.29. The van der Waals surface area contributed by atoms with Crippen molar-refractivity contribution in [3.8, 4) is 0 Å². The van der Waals surface area contributed by atoms with E-state index in [0.717, 1.165) is 23.4 Å². The van der Waals surface area contributed by atoms with Crippen molar-refractivity contribution < 1.29 is 5.11 Å². The highest BCUT2D eigenvalue weighted by Gasteiger charge is 2.04. The molecule has 4 N–H and O–H groups in total. The van der Waals surface area contributed by atoms with Gasteiger partial charge in [-0.05, 0) is 31.9 Å². The predicted molar refractivity (Wildman–Crippen MR) is 60.4 cm³/mol. The van der Waals surface area contributed by atoms with Crippen molar-refractivity contribution in [3.63, 3.8) is 0 Å². The minimum absolute atomic E-state index is 0.194. The standard InChI is InChI=1S/C11H18N2O/c1-8-4-3-5-10(11(8)12)13-9(2)6-7-14/h3-5,9,13-14H,6-7,12H2,1-2H3. The van der Waals surface area contributed by atoms with E-state index in [9.17, 15) is 0 Å². The Labute approximate surface area is 84.9 Å². The topological polar surface area (TPSA) is 58.3 Å². The summed E-state index contributed by atoms with van der Waals surface area (Å²) < 4.78 is 0. The number of nitrogen functional groups attached to an aromatic ring is 1. The highest BCUT2D eigenvalue weighted by Crippen LogP contribution is 2.22. The summed E-state index contributed by atoms with van der Waals surface area (Å²) in [5.41, 5.74) is 8.72. The van der Waals surface area contributed by atoms with Gasteiger partial charge in [-0.2, -0.15) is 0 Å². The molecule has 0 heterocycles. The van der Waals surface area contributed by atoms with Crippen molar-refractivity contribution in [2.45, 2.75) is 26.3 Å². The third kappa shape index (κ3) is 2.64. The lowest BCUT2D eigenvalue weighted by Crippen LogP contribution is -2.17. The number of aliphatic hydroxyl groups excluding tert-OH is 1. The number of aryl methyl sites for hydroxylation is 1. The van der Waals surface area contributed by atoms with Gasteiger partial charge in [0.05, 0.1) is 11.4 Å². The zero-order valence-corrected chi connectivity index (χ0v) is 8.75. The van der Waals surface area contributed by atoms with Gasteiger partial charge >= 0.3 is 0 Å². The van der Waals surface area contributed by atoms with Crippen LogP contribution in [0, 0.1) is 6.92 Å². The number of nitrogens with one attached hydrogen (secondary N) is 1. The van der Waals surface area contributed by atoms with E-state index in [0.29, 0.717) is 0 Å². The molecule has 0 radical (unpaired) electrons. The van der Waals surface area contributed by atoms with Crippen LogP contribution in [-0.4, -0.2) is 17.8 Å². The molecule has 0 saturated heterocycles. The number of aliphatic hydroxyl groups is 1. The van der Waals surface area contributed by atoms with Gasteiger partial charge in [0.2, 0.25) is 0 Å². The lowest BCUT2D eigenvalue weighted by Gasteiger charge is -2.16. The molecule has 1 unspecified atom stereocenters. The van der Waals surface area contributed by atoms with E-state index in [4.69, 9.17) is 10.8 Å². The minimum atomic E-state index is 0.194. The SMILES string of the molecule is Cc1cccc(NC(C)CCO)c1N. The molecular formula is C11H18N2O. The van der Waals surface area contributed by atoms with Crippen molar-refractivity contribution in [2.75, 3.05) is 17.7 Å². The first-order chi connectivity index (χ1) is 6.65. The van der Waals surface area contributed by atoms with Crippen LogP contribution in [0.2, 0.25) is 0 Å². The second kappa shape index (κ2) is 4.86. The molecule has 0 spiro atoms. The quantitative estimate of drug-likeness (QED) is 0.640. The summed E-state index contributed by atoms with van der Waals surface area (Å²) in [5.74, 6) is 0. The molecule has 0 bridgehead atoms. The number of anilines is 2. The molecule has 78 valence electrons. The molecule has 0 amide bonds. The van der Waals surface area contributed by atoms with Gasteiger partial charge < -0.3 is 16.2 Å². The lowest BCUT2D eigenvalue weighted by atomic mass is 10.1. The zero-order chi connectivity index (χ0) is 10.6. The van der Waals surface area contributed by atoms with Crippen LogP contribution in [-0.2, 0) is 0 Å². The number of para-hydroxylation sites is 1. The molecule has 1 aromatic carbocycles. The molecule has 0 aliphatic rings. The fourth-order valence-electron chi connectivity index (χ4n) is 1.34. The van der Waals surface area contributed by atoms with E-state index in [1.165, 1.54) is 0 Å². The van der Waals surface area contributed by atoms with E-state index < -0.39 is 0 Å². The first kappa shape index (κ1) is 10.9. The Kier molecular flexibility index (Phi) is 3.77. The van der Waals surface area contributed by atoms with Crippen molar-refractivity contribution in [2.24, 2.45) is 0 Å². The normalized spacial score (nSPS) is 12.5. The Bertz CT molecular complexity index is 299. The molecule has 0 aliphatic heterocycles. The lowest BCUT2D eigenvalue weighted by molar-refractivity contribution is 0.282. The Morgan fingerprint density at radius 2 is 2.21 bits per heavy atom. The number of nitrogens with two attached hydrogens (primary N) is 1. The molecule has 1 atom stereocenters. The Balaban J connectivity index is 2.71. The first-order valence-electron chi connectivity index (χ1n) is 4.87. The summed E-state index contributed by atoms with van der Waals surface area (Å²) in [7, 11) is 0. The summed E-state index contributed by atoms with van der Waals surface area (Å²) in [5, 5.41) is 12.0. The molecule has 0 fully saturated rings. The van der Waals surface area contributed by atoms with Crippen molar-refractivity contribution >= 4 is 11.4 Å². The molecule has 3 nitrogen and oxygen atoms in total. The number of hydrogen-bond acceptors (Lipinski definition) is 3. The number of rotatable bonds is 4. The molecule has 14 heavy (non-hydrogen) atoms. The van der Waals surface area contributed by atoms with Gasteiger partial charge in [0.25, 0.3) is 0 Å². The van der Waals surface area contributed by atoms with Gasteiger partial charge in [-0.15, -0.1) is 0 Å². The highest BCUT2D eigenvalue weighted by atomic mass is 16.3. The second-order valence-corrected chi connectivity index (χ2v) is 3.59. The van der Waals surface area contributed by atoms with Crippen LogP contribution in [0.4, 0.5) is 11.4 Å². The smallest absolute Gasteiger partial charge is 0.0579 e. The molecule has 0 saturated carbocycles. The molecular weight excluding hydrogens is 176 g/mol.